The Kier molecular flexibility index (Phi) is 7.61. The number of carbonyl (C=O) groups is 1. The number of benzene rings is 2. The number of alkyl halides is 3. The third-order valence-electron chi connectivity index (χ3n) is 5.95. The van der Waals surface area contributed by atoms with E-state index in [0.29, 0.717) is 11.6 Å². The lowest BCUT2D eigenvalue weighted by atomic mass is 9.99. The van der Waals surface area contributed by atoms with E-state index in [1.54, 1.807) is 24.3 Å². The van der Waals surface area contributed by atoms with Crippen LogP contribution >= 0.6 is 0 Å². The fraction of sp³-hybridized carbons (Fsp3) is 0.240. The Labute approximate surface area is 225 Å². The number of rotatable bonds is 9. The summed E-state index contributed by atoms with van der Waals surface area (Å²) in [6, 6.07) is 9.15. The molecule has 0 aliphatic heterocycles. The smallest absolute Gasteiger partial charge is 0.393 e. The molecule has 6 N–H and O–H groups in total. The summed E-state index contributed by atoms with van der Waals surface area (Å²) in [5.41, 5.74) is 5.32. The summed E-state index contributed by atoms with van der Waals surface area (Å²) in [5, 5.41) is 18.5. The number of nitrogens with one attached hydrogen (secondary N) is 3. The molecule has 212 valence electrons. The monoisotopic (exact) mass is 580 g/mol. The molecule has 0 saturated heterocycles. The fourth-order valence-electron chi connectivity index (χ4n) is 3.92. The number of hydrogen-bond acceptors (Lipinski definition) is 7. The van der Waals surface area contributed by atoms with Gasteiger partial charge in [-0.1, -0.05) is 18.2 Å². The lowest BCUT2D eigenvalue weighted by Crippen LogP contribution is -2.23. The van der Waals surface area contributed by atoms with Crippen LogP contribution in [-0.4, -0.2) is 46.0 Å². The van der Waals surface area contributed by atoms with Gasteiger partial charge in [0.25, 0.3) is 5.91 Å². The van der Waals surface area contributed by atoms with Crippen molar-refractivity contribution in [3.63, 3.8) is 0 Å². The minimum absolute atomic E-state index is 0.0389. The van der Waals surface area contributed by atoms with E-state index in [1.807, 2.05) is 0 Å². The minimum Gasteiger partial charge on any atom is -0.505 e. The third-order valence-corrected chi connectivity index (χ3v) is 7.70. The van der Waals surface area contributed by atoms with Gasteiger partial charge in [-0.2, -0.15) is 18.3 Å². The number of phenols is 1. The van der Waals surface area contributed by atoms with Crippen LogP contribution in [0.1, 0.15) is 35.5 Å². The number of primary amides is 1. The number of nitrogens with zero attached hydrogens (tertiary/aromatic N) is 2. The molecule has 0 radical (unpaired) electrons. The first-order valence-corrected chi connectivity index (χ1v) is 13.3. The zero-order chi connectivity index (χ0) is 29.4. The molecule has 1 amide bonds. The highest BCUT2D eigenvalue weighted by atomic mass is 32.2. The fourth-order valence-corrected chi connectivity index (χ4v) is 4.66. The average Bonchev–Trinajstić information content (AvgIpc) is 3.29. The molecular weight excluding hydrogens is 556 g/mol. The number of para-hydroxylation sites is 1. The van der Waals surface area contributed by atoms with Crippen molar-refractivity contribution in [1.82, 2.24) is 15.2 Å². The molecule has 0 spiro atoms. The summed E-state index contributed by atoms with van der Waals surface area (Å²) in [6.45, 7) is 2.97. The Morgan fingerprint density at radius 2 is 1.85 bits per heavy atom. The molecule has 10 nitrogen and oxygen atoms in total. The first-order valence-electron chi connectivity index (χ1n) is 11.8. The summed E-state index contributed by atoms with van der Waals surface area (Å²) >= 11 is 0. The number of H-pyrrole nitrogens is 1. The van der Waals surface area contributed by atoms with Crippen molar-refractivity contribution >= 4 is 38.3 Å². The maximum Gasteiger partial charge on any atom is 0.393 e. The molecule has 4 aromatic rings. The highest BCUT2D eigenvalue weighted by Gasteiger charge is 2.30. The SMILES string of the molecule is CC(C)S(=O)(=O)Nc1ccccc1CNc1nc(-c2cc(F)c(O)cc2CC(F)(F)F)cc2[nH]nc(C(N)=O)c12. The van der Waals surface area contributed by atoms with E-state index in [2.05, 4.69) is 25.2 Å². The van der Waals surface area contributed by atoms with Gasteiger partial charge in [-0.15, -0.1) is 0 Å². The molecule has 2 aromatic carbocycles. The molecule has 0 saturated carbocycles. The van der Waals surface area contributed by atoms with Gasteiger partial charge in [-0.05, 0) is 49.2 Å². The molecule has 0 atom stereocenters. The van der Waals surface area contributed by atoms with Gasteiger partial charge in [-0.3, -0.25) is 14.6 Å². The Morgan fingerprint density at radius 3 is 2.50 bits per heavy atom. The Balaban J connectivity index is 1.83. The van der Waals surface area contributed by atoms with Gasteiger partial charge in [0.2, 0.25) is 10.0 Å². The quantitative estimate of drug-likeness (QED) is 0.183. The number of aromatic amines is 1. The number of nitrogens with two attached hydrogens (primary N) is 1. The number of carbonyl (C=O) groups excluding carboxylic acids is 1. The highest BCUT2D eigenvalue weighted by molar-refractivity contribution is 7.93. The first-order chi connectivity index (χ1) is 18.7. The van der Waals surface area contributed by atoms with Crippen molar-refractivity contribution in [2.24, 2.45) is 5.73 Å². The van der Waals surface area contributed by atoms with Crippen molar-refractivity contribution in [2.45, 2.75) is 38.2 Å². The van der Waals surface area contributed by atoms with E-state index in [1.165, 1.54) is 19.9 Å². The largest absolute Gasteiger partial charge is 0.505 e. The molecule has 2 heterocycles. The van der Waals surface area contributed by atoms with Gasteiger partial charge in [0.1, 0.15) is 5.82 Å². The van der Waals surface area contributed by atoms with Crippen LogP contribution in [0.5, 0.6) is 5.75 Å². The predicted molar refractivity (Wildman–Crippen MR) is 141 cm³/mol. The van der Waals surface area contributed by atoms with E-state index >= 15 is 0 Å². The lowest BCUT2D eigenvalue weighted by molar-refractivity contribution is -0.127. The second-order valence-electron chi connectivity index (χ2n) is 9.17. The van der Waals surface area contributed by atoms with Crippen LogP contribution in [0.3, 0.4) is 0 Å². The molecule has 40 heavy (non-hydrogen) atoms. The standard InChI is InChI=1S/C25H24F4N6O4S/c1-12(2)40(38,39)35-17-6-4-3-5-13(17)11-31-24-21-19(33-34-22(21)23(30)37)9-18(32-24)15-8-16(26)20(36)7-14(15)10-25(27,28)29/h3-9,12,35-36H,10-11H2,1-2H3,(H2,30,37)(H,31,32)(H,33,34). The molecule has 4 rings (SSSR count). The molecule has 15 heteroatoms. The van der Waals surface area contributed by atoms with Crippen LogP contribution in [0.15, 0.2) is 42.5 Å². The number of halogens is 4. The molecule has 0 aliphatic carbocycles. The van der Waals surface area contributed by atoms with Gasteiger partial charge in [0.15, 0.2) is 17.3 Å². The molecule has 0 bridgehead atoms. The van der Waals surface area contributed by atoms with E-state index in [-0.39, 0.29) is 45.9 Å². The van der Waals surface area contributed by atoms with E-state index in [0.717, 1.165) is 6.07 Å². The summed E-state index contributed by atoms with van der Waals surface area (Å²) in [7, 11) is -3.69. The zero-order valence-electron chi connectivity index (χ0n) is 21.1. The number of hydrogen-bond donors (Lipinski definition) is 5. The molecular formula is C25H24F4N6O4S. The maximum absolute atomic E-state index is 14.3. The van der Waals surface area contributed by atoms with Crippen molar-refractivity contribution in [1.29, 1.82) is 0 Å². The van der Waals surface area contributed by atoms with Crippen molar-refractivity contribution in [3.8, 4) is 17.0 Å². The maximum atomic E-state index is 14.3. The average molecular weight is 581 g/mol. The first kappa shape index (κ1) is 28.6. The molecule has 2 aromatic heterocycles. The normalized spacial score (nSPS) is 12.2. The number of fused-ring (bicyclic) bond motifs is 1. The molecule has 0 aliphatic rings. The number of sulfonamides is 1. The number of pyridine rings is 1. The van der Waals surface area contributed by atoms with Crippen molar-refractivity contribution < 1.29 is 35.9 Å². The summed E-state index contributed by atoms with van der Waals surface area (Å²) in [6.07, 6.45) is -6.15. The zero-order valence-corrected chi connectivity index (χ0v) is 21.9. The Morgan fingerprint density at radius 1 is 1.15 bits per heavy atom. The van der Waals surface area contributed by atoms with Crippen LogP contribution < -0.4 is 15.8 Å². The lowest BCUT2D eigenvalue weighted by Gasteiger charge is -2.17. The highest BCUT2D eigenvalue weighted by Crippen LogP contribution is 2.36. The van der Waals surface area contributed by atoms with Crippen LogP contribution in [0.25, 0.3) is 22.2 Å². The van der Waals surface area contributed by atoms with Gasteiger partial charge in [0, 0.05) is 12.1 Å². The second-order valence-corrected chi connectivity index (χ2v) is 11.4. The number of amides is 1. The number of anilines is 2. The topological polar surface area (TPSA) is 163 Å². The number of aromatic nitrogens is 3. The van der Waals surface area contributed by atoms with Crippen LogP contribution in [-0.2, 0) is 23.0 Å². The minimum atomic E-state index is -4.68. The van der Waals surface area contributed by atoms with Gasteiger partial charge < -0.3 is 16.2 Å². The predicted octanol–water partition coefficient (Wildman–Crippen LogP) is 4.44. The van der Waals surface area contributed by atoms with Crippen molar-refractivity contribution in [2.75, 3.05) is 10.0 Å². The van der Waals surface area contributed by atoms with Gasteiger partial charge in [0.05, 0.1) is 34.0 Å². The van der Waals surface area contributed by atoms with E-state index in [4.69, 9.17) is 5.73 Å². The summed E-state index contributed by atoms with van der Waals surface area (Å²) in [4.78, 5) is 16.4. The number of phenolic OH excluding ortho intramolecular Hbond substituents is 1. The van der Waals surface area contributed by atoms with Crippen LogP contribution in [0, 0.1) is 5.82 Å². The van der Waals surface area contributed by atoms with Gasteiger partial charge >= 0.3 is 6.18 Å². The summed E-state index contributed by atoms with van der Waals surface area (Å²) < 4.78 is 81.5. The molecule has 0 fully saturated rings. The van der Waals surface area contributed by atoms with E-state index < -0.39 is 50.9 Å². The Hall–Kier alpha value is -4.40. The summed E-state index contributed by atoms with van der Waals surface area (Å²) in [5.74, 6) is -3.07. The Bertz CT molecular complexity index is 1700. The second kappa shape index (κ2) is 10.6. The van der Waals surface area contributed by atoms with Crippen LogP contribution in [0.4, 0.5) is 29.1 Å². The molecule has 0 unspecified atom stereocenters. The van der Waals surface area contributed by atoms with E-state index in [9.17, 15) is 35.9 Å². The van der Waals surface area contributed by atoms with Crippen LogP contribution in [0.2, 0.25) is 0 Å². The van der Waals surface area contributed by atoms with Gasteiger partial charge in [-0.25, -0.2) is 17.8 Å². The third kappa shape index (κ3) is 6.09. The number of aromatic hydroxyl groups is 1. The van der Waals surface area contributed by atoms with Crippen molar-refractivity contribution in [3.05, 3.63) is 65.1 Å².